The highest BCUT2D eigenvalue weighted by Gasteiger charge is 2.56. The Morgan fingerprint density at radius 2 is 1.71 bits per heavy atom. The van der Waals surface area contributed by atoms with E-state index in [-0.39, 0.29) is 0 Å². The van der Waals surface area contributed by atoms with Crippen LogP contribution in [0.5, 0.6) is 0 Å². The summed E-state index contributed by atoms with van der Waals surface area (Å²) in [4.78, 5) is 0. The fraction of sp³-hybridized carbons (Fsp3) is 0.600. The quantitative estimate of drug-likeness (QED) is 0.883. The molecule has 0 amide bonds. The molecule has 0 spiro atoms. The molecule has 1 aliphatic rings. The first kappa shape index (κ1) is 13.1. The summed E-state index contributed by atoms with van der Waals surface area (Å²) < 4.78 is 1.15. The molecule has 17 heavy (non-hydrogen) atoms. The molecule has 1 fully saturated rings. The maximum atomic E-state index is 6.37. The van der Waals surface area contributed by atoms with Gasteiger partial charge in [-0.25, -0.2) is 0 Å². The molecule has 1 aliphatic carbocycles. The van der Waals surface area contributed by atoms with E-state index in [9.17, 15) is 0 Å². The van der Waals surface area contributed by atoms with Gasteiger partial charge in [-0.2, -0.15) is 0 Å². The maximum Gasteiger partial charge on any atom is 0.0175 e. The third-order valence-electron chi connectivity index (χ3n) is 4.92. The average Bonchev–Trinajstić information content (AvgIpc) is 2.36. The number of nitrogens with two attached hydrogens (primary N) is 1. The van der Waals surface area contributed by atoms with Gasteiger partial charge in [0.25, 0.3) is 0 Å². The first-order valence-electron chi connectivity index (χ1n) is 6.58. The van der Waals surface area contributed by atoms with E-state index >= 15 is 0 Å². The molecule has 3 atom stereocenters. The number of hydrogen-bond acceptors (Lipinski definition) is 1. The van der Waals surface area contributed by atoms with Crippen LogP contribution in [0.1, 0.15) is 45.1 Å². The molecule has 1 saturated carbocycles. The third kappa shape index (κ3) is 1.86. The second-order valence-electron chi connectivity index (χ2n) is 5.35. The van der Waals surface area contributed by atoms with Crippen LogP contribution in [0.3, 0.4) is 0 Å². The first-order chi connectivity index (χ1) is 8.06. The summed E-state index contributed by atoms with van der Waals surface area (Å²) in [6, 6.07) is 9.13. The molecule has 2 rings (SSSR count). The minimum absolute atomic E-state index is 0.313. The summed E-state index contributed by atoms with van der Waals surface area (Å²) in [5, 5.41) is 0. The van der Waals surface area contributed by atoms with Gasteiger partial charge in [0.1, 0.15) is 0 Å². The highest BCUT2D eigenvalue weighted by molar-refractivity contribution is 9.10. The molecule has 94 valence electrons. The van der Waals surface area contributed by atoms with Crippen molar-refractivity contribution in [1.29, 1.82) is 0 Å². The summed E-state index contributed by atoms with van der Waals surface area (Å²) in [5.74, 6) is 1.22. The van der Waals surface area contributed by atoms with Crippen LogP contribution in [0.4, 0.5) is 0 Å². The van der Waals surface area contributed by atoms with Crippen molar-refractivity contribution in [3.05, 3.63) is 34.3 Å². The molecule has 1 nitrogen and oxygen atoms in total. The van der Waals surface area contributed by atoms with E-state index in [0.717, 1.165) is 4.47 Å². The van der Waals surface area contributed by atoms with Crippen molar-refractivity contribution < 1.29 is 0 Å². The van der Waals surface area contributed by atoms with E-state index in [1.165, 1.54) is 18.4 Å². The van der Waals surface area contributed by atoms with Crippen molar-refractivity contribution >= 4 is 15.9 Å². The Morgan fingerprint density at radius 3 is 2.18 bits per heavy atom. The second kappa shape index (κ2) is 4.74. The molecule has 0 aliphatic heterocycles. The molecule has 0 radical (unpaired) electrons. The lowest BCUT2D eigenvalue weighted by atomic mass is 9.47. The topological polar surface area (TPSA) is 26.0 Å². The first-order valence-corrected chi connectivity index (χ1v) is 7.37. The molecule has 1 aromatic rings. The molecule has 0 bridgehead atoms. The summed E-state index contributed by atoms with van der Waals surface area (Å²) >= 11 is 3.50. The zero-order valence-electron chi connectivity index (χ0n) is 10.9. The number of benzene rings is 1. The van der Waals surface area contributed by atoms with E-state index in [4.69, 9.17) is 5.73 Å². The Morgan fingerprint density at radius 1 is 1.18 bits per heavy atom. The average molecular weight is 296 g/mol. The molecule has 2 heteroatoms. The van der Waals surface area contributed by atoms with Gasteiger partial charge in [0.2, 0.25) is 0 Å². The van der Waals surface area contributed by atoms with Crippen LogP contribution in [0.15, 0.2) is 28.7 Å². The van der Waals surface area contributed by atoms with Crippen molar-refractivity contribution in [1.82, 2.24) is 0 Å². The van der Waals surface area contributed by atoms with Gasteiger partial charge in [0.05, 0.1) is 0 Å². The van der Waals surface area contributed by atoms with E-state index < -0.39 is 0 Å². The lowest BCUT2D eigenvalue weighted by Crippen LogP contribution is -2.62. The molecule has 0 heterocycles. The Kier molecular flexibility index (Phi) is 3.65. The Labute approximate surface area is 113 Å². The van der Waals surface area contributed by atoms with Gasteiger partial charge in [-0.1, -0.05) is 48.8 Å². The van der Waals surface area contributed by atoms with Gasteiger partial charge in [-0.3, -0.25) is 0 Å². The number of rotatable bonds is 3. The highest BCUT2D eigenvalue weighted by Crippen LogP contribution is 2.59. The lowest BCUT2D eigenvalue weighted by Gasteiger charge is -2.59. The Bertz CT molecular complexity index is 380. The summed E-state index contributed by atoms with van der Waals surface area (Å²) in [6.45, 7) is 6.85. The van der Waals surface area contributed by atoms with Crippen molar-refractivity contribution in [2.75, 3.05) is 0 Å². The Hall–Kier alpha value is -0.340. The fourth-order valence-corrected chi connectivity index (χ4v) is 4.07. The molecule has 0 aromatic heterocycles. The van der Waals surface area contributed by atoms with E-state index in [2.05, 4.69) is 61.0 Å². The summed E-state index contributed by atoms with van der Waals surface area (Å²) in [6.07, 6.45) is 2.35. The van der Waals surface area contributed by atoms with Crippen LogP contribution in [0.25, 0.3) is 0 Å². The monoisotopic (exact) mass is 295 g/mol. The summed E-state index contributed by atoms with van der Waals surface area (Å²) in [5.41, 5.74) is 8.13. The van der Waals surface area contributed by atoms with Crippen LogP contribution >= 0.6 is 15.9 Å². The van der Waals surface area contributed by atoms with Gasteiger partial charge in [-0.15, -0.1) is 0 Å². The summed E-state index contributed by atoms with van der Waals surface area (Å²) in [7, 11) is 0. The van der Waals surface area contributed by atoms with Crippen LogP contribution in [-0.4, -0.2) is 6.04 Å². The van der Waals surface area contributed by atoms with E-state index in [1.807, 2.05) is 0 Å². The predicted molar refractivity (Wildman–Crippen MR) is 77.0 cm³/mol. The Balaban J connectivity index is 2.34. The highest BCUT2D eigenvalue weighted by atomic mass is 79.9. The fourth-order valence-electron chi connectivity index (χ4n) is 3.81. The normalized spacial score (nSPS) is 31.0. The van der Waals surface area contributed by atoms with Gasteiger partial charge < -0.3 is 5.73 Å². The zero-order chi connectivity index (χ0) is 12.6. The molecular formula is C15H22BrN. The molecular weight excluding hydrogens is 274 g/mol. The molecule has 3 unspecified atom stereocenters. The molecule has 0 saturated heterocycles. The minimum atomic E-state index is 0.313. The largest absolute Gasteiger partial charge is 0.327 e. The van der Waals surface area contributed by atoms with Crippen LogP contribution in [0.2, 0.25) is 0 Å². The van der Waals surface area contributed by atoms with Gasteiger partial charge in [-0.05, 0) is 47.8 Å². The van der Waals surface area contributed by atoms with Gasteiger partial charge >= 0.3 is 0 Å². The van der Waals surface area contributed by atoms with Crippen molar-refractivity contribution in [3.8, 4) is 0 Å². The maximum absolute atomic E-state index is 6.37. The van der Waals surface area contributed by atoms with Crippen molar-refractivity contribution in [3.63, 3.8) is 0 Å². The van der Waals surface area contributed by atoms with Gasteiger partial charge in [0.15, 0.2) is 0 Å². The van der Waals surface area contributed by atoms with Crippen LogP contribution in [-0.2, 0) is 0 Å². The van der Waals surface area contributed by atoms with Crippen molar-refractivity contribution in [2.24, 2.45) is 17.1 Å². The smallest absolute Gasteiger partial charge is 0.0175 e. The van der Waals surface area contributed by atoms with Crippen LogP contribution in [0, 0.1) is 11.3 Å². The third-order valence-corrected chi connectivity index (χ3v) is 5.45. The standard InChI is InChI=1S/C15H22BrN/c1-4-15(5-2)13(10(3)14(15)17)11-6-8-12(16)9-7-11/h6-10,13-14H,4-5,17H2,1-3H3. The minimum Gasteiger partial charge on any atom is -0.327 e. The van der Waals surface area contributed by atoms with Crippen molar-refractivity contribution in [2.45, 2.75) is 45.6 Å². The number of hydrogen-bond donors (Lipinski definition) is 1. The van der Waals surface area contributed by atoms with E-state index in [1.54, 1.807) is 0 Å². The second-order valence-corrected chi connectivity index (χ2v) is 6.27. The molecule has 2 N–H and O–H groups in total. The predicted octanol–water partition coefficient (Wildman–Crippen LogP) is 4.32. The van der Waals surface area contributed by atoms with Crippen LogP contribution < -0.4 is 5.73 Å². The number of halogens is 1. The van der Waals surface area contributed by atoms with E-state index in [0.29, 0.717) is 23.3 Å². The molecule has 1 aromatic carbocycles. The van der Waals surface area contributed by atoms with Gasteiger partial charge in [0, 0.05) is 10.5 Å². The lowest BCUT2D eigenvalue weighted by molar-refractivity contribution is -0.0179. The SMILES string of the molecule is CCC1(CC)C(N)C(C)C1c1ccc(Br)cc1. The zero-order valence-corrected chi connectivity index (χ0v) is 12.5.